The van der Waals surface area contributed by atoms with E-state index >= 15 is 0 Å². The first-order valence-corrected chi connectivity index (χ1v) is 9.51. The number of carbonyl (C=O) groups excluding carboxylic acids is 2. The van der Waals surface area contributed by atoms with E-state index in [1.807, 2.05) is 32.7 Å². The lowest BCUT2D eigenvalue weighted by Crippen LogP contribution is -2.33. The van der Waals surface area contributed by atoms with Crippen molar-refractivity contribution in [3.63, 3.8) is 0 Å². The first-order valence-electron chi connectivity index (χ1n) is 7.75. The zero-order chi connectivity index (χ0) is 16.0. The van der Waals surface area contributed by atoms with Gasteiger partial charge in [0.25, 0.3) is 5.91 Å². The van der Waals surface area contributed by atoms with Crippen molar-refractivity contribution < 1.29 is 9.59 Å². The van der Waals surface area contributed by atoms with Crippen LogP contribution in [0.25, 0.3) is 0 Å². The lowest BCUT2D eigenvalue weighted by Gasteiger charge is -2.23. The van der Waals surface area contributed by atoms with Crippen LogP contribution >= 0.6 is 22.7 Å². The van der Waals surface area contributed by atoms with E-state index in [0.717, 1.165) is 30.1 Å². The Hall–Kier alpha value is -1.66. The standard InChI is InChI=1S/C17H18N2O2S2/c1-12-2-3-15(23-12)19-11-17(8-14(19)20)5-6-18(10-17)16(21)13-4-7-22-9-13/h2-4,7,9H,5-6,8,10-11H2,1H3/t17-/m1/s1. The second-order valence-corrected chi connectivity index (χ2v) is 8.58. The van der Waals surface area contributed by atoms with Gasteiger partial charge >= 0.3 is 0 Å². The van der Waals surface area contributed by atoms with Crippen molar-refractivity contribution in [3.8, 4) is 0 Å². The van der Waals surface area contributed by atoms with E-state index < -0.39 is 0 Å². The minimum atomic E-state index is -0.0688. The highest BCUT2D eigenvalue weighted by atomic mass is 32.1. The molecular formula is C17H18N2O2S2. The molecule has 1 spiro atoms. The molecule has 2 fully saturated rings. The van der Waals surface area contributed by atoms with Crippen LogP contribution in [-0.2, 0) is 4.79 Å². The van der Waals surface area contributed by atoms with Crippen LogP contribution in [0.1, 0.15) is 28.1 Å². The molecule has 2 aliphatic rings. The fourth-order valence-corrected chi connectivity index (χ4v) is 5.12. The maximum atomic E-state index is 12.5. The Morgan fingerprint density at radius 3 is 2.83 bits per heavy atom. The third-order valence-electron chi connectivity index (χ3n) is 4.81. The second kappa shape index (κ2) is 5.46. The number of aryl methyl sites for hydroxylation is 1. The van der Waals surface area contributed by atoms with Crippen LogP contribution in [0.5, 0.6) is 0 Å². The van der Waals surface area contributed by atoms with Gasteiger partial charge in [-0.2, -0.15) is 11.3 Å². The molecule has 2 aromatic rings. The lowest BCUT2D eigenvalue weighted by molar-refractivity contribution is -0.117. The van der Waals surface area contributed by atoms with Gasteiger partial charge in [-0.05, 0) is 36.9 Å². The average Bonchev–Trinajstić information content (AvgIpc) is 3.28. The maximum absolute atomic E-state index is 12.5. The Morgan fingerprint density at radius 1 is 1.26 bits per heavy atom. The number of thiophene rings is 2. The zero-order valence-electron chi connectivity index (χ0n) is 12.9. The molecule has 0 radical (unpaired) electrons. The molecule has 4 rings (SSSR count). The van der Waals surface area contributed by atoms with Gasteiger partial charge in [0.1, 0.15) is 0 Å². The van der Waals surface area contributed by atoms with Crippen molar-refractivity contribution in [1.82, 2.24) is 4.90 Å². The van der Waals surface area contributed by atoms with Gasteiger partial charge in [-0.15, -0.1) is 11.3 Å². The van der Waals surface area contributed by atoms with Crippen LogP contribution < -0.4 is 4.90 Å². The number of amides is 2. The second-order valence-electron chi connectivity index (χ2n) is 6.53. The number of nitrogens with zero attached hydrogens (tertiary/aromatic N) is 2. The van der Waals surface area contributed by atoms with Crippen molar-refractivity contribution in [2.75, 3.05) is 24.5 Å². The van der Waals surface area contributed by atoms with E-state index in [9.17, 15) is 9.59 Å². The van der Waals surface area contributed by atoms with Gasteiger partial charge in [0.15, 0.2) is 0 Å². The Morgan fingerprint density at radius 2 is 2.13 bits per heavy atom. The highest BCUT2D eigenvalue weighted by Gasteiger charge is 2.49. The van der Waals surface area contributed by atoms with Crippen molar-refractivity contribution in [1.29, 1.82) is 0 Å². The summed E-state index contributed by atoms with van der Waals surface area (Å²) in [5.74, 6) is 0.290. The predicted molar refractivity (Wildman–Crippen MR) is 93.3 cm³/mol. The van der Waals surface area contributed by atoms with E-state index in [-0.39, 0.29) is 17.2 Å². The van der Waals surface area contributed by atoms with Gasteiger partial charge in [-0.25, -0.2) is 0 Å². The Labute approximate surface area is 143 Å². The molecule has 120 valence electrons. The van der Waals surface area contributed by atoms with E-state index in [0.29, 0.717) is 13.0 Å². The molecule has 6 heteroatoms. The smallest absolute Gasteiger partial charge is 0.254 e. The average molecular weight is 346 g/mol. The van der Waals surface area contributed by atoms with E-state index in [2.05, 4.69) is 13.0 Å². The number of hydrogen-bond acceptors (Lipinski definition) is 4. The quantitative estimate of drug-likeness (QED) is 0.836. The summed E-state index contributed by atoms with van der Waals surface area (Å²) in [6, 6.07) is 5.96. The molecule has 0 aromatic carbocycles. The van der Waals surface area contributed by atoms with Crippen molar-refractivity contribution in [2.45, 2.75) is 19.8 Å². The molecule has 2 aromatic heterocycles. The Kier molecular flexibility index (Phi) is 3.54. The molecule has 23 heavy (non-hydrogen) atoms. The molecule has 2 aliphatic heterocycles. The van der Waals surface area contributed by atoms with Gasteiger partial charge in [-0.1, -0.05) is 0 Å². The molecule has 0 unspecified atom stereocenters. The minimum Gasteiger partial charge on any atom is -0.338 e. The van der Waals surface area contributed by atoms with Crippen molar-refractivity contribution >= 4 is 39.5 Å². The van der Waals surface area contributed by atoms with Crippen molar-refractivity contribution in [3.05, 3.63) is 39.4 Å². The Balaban J connectivity index is 1.50. The highest BCUT2D eigenvalue weighted by Crippen LogP contribution is 2.43. The highest BCUT2D eigenvalue weighted by molar-refractivity contribution is 7.16. The van der Waals surface area contributed by atoms with E-state index in [1.54, 1.807) is 22.7 Å². The third kappa shape index (κ3) is 2.60. The van der Waals surface area contributed by atoms with Gasteiger partial charge in [0.05, 0.1) is 10.6 Å². The first-order chi connectivity index (χ1) is 11.1. The first kappa shape index (κ1) is 14.9. The molecule has 4 nitrogen and oxygen atoms in total. The Bertz CT molecular complexity index is 752. The summed E-state index contributed by atoms with van der Waals surface area (Å²) in [4.78, 5) is 30.0. The fourth-order valence-electron chi connectivity index (χ4n) is 3.61. The summed E-state index contributed by atoms with van der Waals surface area (Å²) in [5, 5.41) is 4.86. The van der Waals surface area contributed by atoms with Crippen molar-refractivity contribution in [2.24, 2.45) is 5.41 Å². The molecular weight excluding hydrogens is 328 g/mol. The number of rotatable bonds is 2. The molecule has 0 bridgehead atoms. The normalized spacial score (nSPS) is 24.1. The summed E-state index contributed by atoms with van der Waals surface area (Å²) >= 11 is 3.20. The number of likely N-dealkylation sites (tertiary alicyclic amines) is 1. The maximum Gasteiger partial charge on any atom is 0.254 e. The topological polar surface area (TPSA) is 40.6 Å². The fraction of sp³-hybridized carbons (Fsp3) is 0.412. The molecule has 4 heterocycles. The molecule has 0 saturated carbocycles. The van der Waals surface area contributed by atoms with Crippen LogP contribution in [0, 0.1) is 12.3 Å². The zero-order valence-corrected chi connectivity index (χ0v) is 14.6. The molecule has 0 N–H and O–H groups in total. The molecule has 1 atom stereocenters. The summed E-state index contributed by atoms with van der Waals surface area (Å²) in [5.41, 5.74) is 0.697. The van der Waals surface area contributed by atoms with Crippen LogP contribution in [0.4, 0.5) is 5.00 Å². The van der Waals surface area contributed by atoms with Gasteiger partial charge in [0.2, 0.25) is 5.91 Å². The summed E-state index contributed by atoms with van der Waals surface area (Å²) in [6.07, 6.45) is 1.47. The largest absolute Gasteiger partial charge is 0.338 e. The van der Waals surface area contributed by atoms with E-state index in [4.69, 9.17) is 0 Å². The molecule has 2 saturated heterocycles. The predicted octanol–water partition coefficient (Wildman–Crippen LogP) is 3.39. The molecule has 0 aliphatic carbocycles. The monoisotopic (exact) mass is 346 g/mol. The lowest BCUT2D eigenvalue weighted by atomic mass is 9.86. The van der Waals surface area contributed by atoms with E-state index in [1.165, 1.54) is 4.88 Å². The summed E-state index contributed by atoms with van der Waals surface area (Å²) < 4.78 is 0. The minimum absolute atomic E-state index is 0.0688. The van der Waals surface area contributed by atoms with Crippen LogP contribution in [0.2, 0.25) is 0 Å². The van der Waals surface area contributed by atoms with Crippen LogP contribution in [0.3, 0.4) is 0 Å². The summed E-state index contributed by atoms with van der Waals surface area (Å²) in [6.45, 7) is 4.23. The SMILES string of the molecule is Cc1ccc(N2C[C@]3(CCN(C(=O)c4ccsc4)C3)CC2=O)s1. The van der Waals surface area contributed by atoms with Gasteiger partial charge in [0, 0.05) is 41.7 Å². The van der Waals surface area contributed by atoms with Gasteiger partial charge < -0.3 is 9.80 Å². The number of anilines is 1. The number of hydrogen-bond donors (Lipinski definition) is 0. The molecule has 2 amide bonds. The van der Waals surface area contributed by atoms with Crippen LogP contribution in [0.15, 0.2) is 29.0 Å². The number of carbonyl (C=O) groups is 2. The summed E-state index contributed by atoms with van der Waals surface area (Å²) in [7, 11) is 0. The van der Waals surface area contributed by atoms with Gasteiger partial charge in [-0.3, -0.25) is 9.59 Å². The third-order valence-corrected chi connectivity index (χ3v) is 6.51. The van der Waals surface area contributed by atoms with Crippen LogP contribution in [-0.4, -0.2) is 36.3 Å².